The third kappa shape index (κ3) is 1.93. The van der Waals surface area contributed by atoms with Crippen LogP contribution in [0.1, 0.15) is 10.4 Å². The summed E-state index contributed by atoms with van der Waals surface area (Å²) < 4.78 is 4.57. The van der Waals surface area contributed by atoms with Crippen LogP contribution < -0.4 is 11.1 Å². The minimum atomic E-state index is -0.344. The van der Waals surface area contributed by atoms with Crippen molar-refractivity contribution in [1.82, 2.24) is 10.1 Å². The zero-order chi connectivity index (χ0) is 10.7. The lowest BCUT2D eigenvalue weighted by Gasteiger charge is -2.03. The van der Waals surface area contributed by atoms with Gasteiger partial charge in [-0.15, -0.1) is 0 Å². The first-order chi connectivity index (χ1) is 7.27. The van der Waals surface area contributed by atoms with E-state index in [2.05, 4.69) is 20.0 Å². The van der Waals surface area contributed by atoms with E-state index in [0.717, 1.165) is 0 Å². The van der Waals surface area contributed by atoms with E-state index in [0.29, 0.717) is 16.9 Å². The molecule has 3 N–H and O–H groups in total. The lowest BCUT2D eigenvalue weighted by atomic mass is 10.2. The molecule has 0 bridgehead atoms. The maximum Gasteiger partial charge on any atom is 0.259 e. The van der Waals surface area contributed by atoms with Crippen molar-refractivity contribution in [2.24, 2.45) is 0 Å². The lowest BCUT2D eigenvalue weighted by Crippen LogP contribution is -2.13. The fraction of sp³-hybridized carbons (Fsp3) is 0. The predicted octanol–water partition coefficient (Wildman–Crippen LogP) is 0.904. The second-order valence-electron chi connectivity index (χ2n) is 2.83. The molecule has 0 spiro atoms. The summed E-state index contributed by atoms with van der Waals surface area (Å²) in [5.41, 5.74) is 6.78. The van der Waals surface area contributed by atoms with Crippen molar-refractivity contribution in [3.05, 3.63) is 36.5 Å². The molecule has 0 aromatic carbocycles. The van der Waals surface area contributed by atoms with Crippen LogP contribution in [0, 0.1) is 0 Å². The molecular formula is C9H8N4O2. The van der Waals surface area contributed by atoms with Gasteiger partial charge in [-0.1, -0.05) is 5.16 Å². The van der Waals surface area contributed by atoms with Gasteiger partial charge in [-0.3, -0.25) is 9.78 Å². The van der Waals surface area contributed by atoms with E-state index in [-0.39, 0.29) is 5.91 Å². The smallest absolute Gasteiger partial charge is 0.259 e. The summed E-state index contributed by atoms with van der Waals surface area (Å²) in [7, 11) is 0. The van der Waals surface area contributed by atoms with Gasteiger partial charge in [0.1, 0.15) is 12.0 Å². The summed E-state index contributed by atoms with van der Waals surface area (Å²) in [6.07, 6.45) is 5.64. The van der Waals surface area contributed by atoms with Crippen LogP contribution in [0.4, 0.5) is 11.4 Å². The number of rotatable bonds is 2. The number of carbonyl (C=O) groups is 1. The second-order valence-corrected chi connectivity index (χ2v) is 2.83. The van der Waals surface area contributed by atoms with Gasteiger partial charge in [-0.2, -0.15) is 0 Å². The molecule has 15 heavy (non-hydrogen) atoms. The molecule has 0 aliphatic carbocycles. The molecule has 2 rings (SSSR count). The van der Waals surface area contributed by atoms with Crippen molar-refractivity contribution in [1.29, 1.82) is 0 Å². The van der Waals surface area contributed by atoms with Gasteiger partial charge in [-0.25, -0.2) is 0 Å². The predicted molar refractivity (Wildman–Crippen MR) is 53.1 cm³/mol. The largest absolute Gasteiger partial charge is 0.398 e. The number of nitrogens with two attached hydrogens (primary N) is 1. The molecule has 76 valence electrons. The highest BCUT2D eigenvalue weighted by Gasteiger charge is 2.10. The van der Waals surface area contributed by atoms with Crippen molar-refractivity contribution in [3.8, 4) is 0 Å². The highest BCUT2D eigenvalue weighted by molar-refractivity contribution is 6.07. The first-order valence-corrected chi connectivity index (χ1v) is 4.17. The summed E-state index contributed by atoms with van der Waals surface area (Å²) in [5.74, 6) is -0.344. The summed E-state index contributed by atoms with van der Waals surface area (Å²) in [6, 6.07) is 1.56. The van der Waals surface area contributed by atoms with E-state index < -0.39 is 0 Å². The molecule has 0 saturated heterocycles. The Morgan fingerprint density at radius 2 is 2.33 bits per heavy atom. The standard InChI is InChI=1S/C9H8N4O2/c10-8-1-2-11-4-7(8)9(14)13-6-3-12-15-5-6/h1-5H,(H2,10,11)(H,13,14). The highest BCUT2D eigenvalue weighted by atomic mass is 16.5. The van der Waals surface area contributed by atoms with Crippen molar-refractivity contribution in [2.45, 2.75) is 0 Å². The topological polar surface area (TPSA) is 94.0 Å². The zero-order valence-corrected chi connectivity index (χ0v) is 7.68. The van der Waals surface area contributed by atoms with Crippen LogP contribution in [0.2, 0.25) is 0 Å². The Bertz CT molecular complexity index is 467. The van der Waals surface area contributed by atoms with Crippen LogP contribution in [0.25, 0.3) is 0 Å². The van der Waals surface area contributed by atoms with Crippen LogP contribution in [0.5, 0.6) is 0 Å². The van der Waals surface area contributed by atoms with Crippen molar-refractivity contribution in [3.63, 3.8) is 0 Å². The van der Waals surface area contributed by atoms with Gasteiger partial charge in [0.25, 0.3) is 5.91 Å². The van der Waals surface area contributed by atoms with E-state index >= 15 is 0 Å². The number of hydrogen-bond acceptors (Lipinski definition) is 5. The minimum Gasteiger partial charge on any atom is -0.398 e. The summed E-state index contributed by atoms with van der Waals surface area (Å²) >= 11 is 0. The average molecular weight is 204 g/mol. The summed E-state index contributed by atoms with van der Waals surface area (Å²) in [4.78, 5) is 15.4. The normalized spacial score (nSPS) is 9.87. The number of nitrogens with one attached hydrogen (secondary N) is 1. The van der Waals surface area contributed by atoms with E-state index in [1.54, 1.807) is 6.07 Å². The summed E-state index contributed by atoms with van der Waals surface area (Å²) in [6.45, 7) is 0. The Labute approximate surface area is 85.1 Å². The molecule has 0 radical (unpaired) electrons. The minimum absolute atomic E-state index is 0.318. The molecule has 2 heterocycles. The van der Waals surface area contributed by atoms with Gasteiger partial charge in [-0.05, 0) is 6.07 Å². The van der Waals surface area contributed by atoms with Crippen LogP contribution in [-0.2, 0) is 0 Å². The number of anilines is 2. The van der Waals surface area contributed by atoms with E-state index in [4.69, 9.17) is 5.73 Å². The molecule has 0 aliphatic heterocycles. The number of nitrogen functional groups attached to an aromatic ring is 1. The number of hydrogen-bond donors (Lipinski definition) is 2. The van der Waals surface area contributed by atoms with Gasteiger partial charge in [0, 0.05) is 18.1 Å². The maximum absolute atomic E-state index is 11.6. The van der Waals surface area contributed by atoms with Crippen LogP contribution in [-0.4, -0.2) is 16.0 Å². The first kappa shape index (κ1) is 9.20. The van der Waals surface area contributed by atoms with Gasteiger partial charge in [0.15, 0.2) is 0 Å². The van der Waals surface area contributed by atoms with Crippen molar-refractivity contribution >= 4 is 17.3 Å². The van der Waals surface area contributed by atoms with Gasteiger partial charge < -0.3 is 15.6 Å². The Morgan fingerprint density at radius 1 is 1.47 bits per heavy atom. The second kappa shape index (κ2) is 3.79. The molecule has 0 aliphatic rings. The van der Waals surface area contributed by atoms with Gasteiger partial charge in [0.05, 0.1) is 11.8 Å². The highest BCUT2D eigenvalue weighted by Crippen LogP contribution is 2.12. The van der Waals surface area contributed by atoms with Gasteiger partial charge in [0.2, 0.25) is 0 Å². The Morgan fingerprint density at radius 3 is 3.00 bits per heavy atom. The molecule has 0 fully saturated rings. The monoisotopic (exact) mass is 204 g/mol. The quantitative estimate of drug-likeness (QED) is 0.758. The van der Waals surface area contributed by atoms with Crippen LogP contribution in [0.15, 0.2) is 35.4 Å². The molecule has 6 nitrogen and oxygen atoms in total. The Balaban J connectivity index is 2.19. The van der Waals surface area contributed by atoms with Crippen molar-refractivity contribution < 1.29 is 9.32 Å². The van der Waals surface area contributed by atoms with Gasteiger partial charge >= 0.3 is 0 Å². The van der Waals surface area contributed by atoms with Crippen molar-refractivity contribution in [2.75, 3.05) is 11.1 Å². The maximum atomic E-state index is 11.6. The number of amides is 1. The molecular weight excluding hydrogens is 196 g/mol. The lowest BCUT2D eigenvalue weighted by molar-refractivity contribution is 0.102. The molecule has 2 aromatic heterocycles. The molecule has 1 amide bonds. The molecule has 6 heteroatoms. The van der Waals surface area contributed by atoms with E-state index in [1.165, 1.54) is 24.9 Å². The van der Waals surface area contributed by atoms with E-state index in [9.17, 15) is 4.79 Å². The number of pyridine rings is 1. The molecule has 0 saturated carbocycles. The van der Waals surface area contributed by atoms with Crippen LogP contribution >= 0.6 is 0 Å². The molecule has 0 unspecified atom stereocenters. The van der Waals surface area contributed by atoms with E-state index in [1.807, 2.05) is 0 Å². The molecule has 0 atom stereocenters. The first-order valence-electron chi connectivity index (χ1n) is 4.17. The number of aromatic nitrogens is 2. The Kier molecular flexibility index (Phi) is 2.32. The average Bonchev–Trinajstić information content (AvgIpc) is 2.71. The SMILES string of the molecule is Nc1ccncc1C(=O)Nc1cnoc1. The Hall–Kier alpha value is -2.37. The number of carbonyl (C=O) groups excluding carboxylic acids is 1. The molecule has 2 aromatic rings. The zero-order valence-electron chi connectivity index (χ0n) is 7.68. The third-order valence-corrected chi connectivity index (χ3v) is 1.79. The fourth-order valence-corrected chi connectivity index (χ4v) is 1.06. The third-order valence-electron chi connectivity index (χ3n) is 1.79. The fourth-order valence-electron chi connectivity index (χ4n) is 1.06. The summed E-state index contributed by atoms with van der Waals surface area (Å²) in [5, 5.41) is 6.02. The number of nitrogens with zero attached hydrogens (tertiary/aromatic N) is 2. The van der Waals surface area contributed by atoms with Crippen LogP contribution in [0.3, 0.4) is 0 Å².